The molecule has 0 radical (unpaired) electrons. The first-order chi connectivity index (χ1) is 16.1. The minimum atomic E-state index is -0.536. The van der Waals surface area contributed by atoms with E-state index in [-0.39, 0.29) is 0 Å². The summed E-state index contributed by atoms with van der Waals surface area (Å²) in [4.78, 5) is 29.0. The second-order valence-electron chi connectivity index (χ2n) is 7.63. The van der Waals surface area contributed by atoms with Crippen molar-refractivity contribution in [3.63, 3.8) is 0 Å². The molecule has 0 aliphatic carbocycles. The molecule has 0 aliphatic rings. The van der Waals surface area contributed by atoms with Gasteiger partial charge in [-0.25, -0.2) is 4.79 Å². The number of aromatic nitrogens is 2. The van der Waals surface area contributed by atoms with Crippen LogP contribution in [0.2, 0.25) is 0 Å². The topological polar surface area (TPSA) is 87.0 Å². The monoisotopic (exact) mass is 455 g/mol. The lowest BCUT2D eigenvalue weighted by Gasteiger charge is -2.16. The molecule has 0 amide bonds. The Morgan fingerprint density at radius 3 is 2.30 bits per heavy atom. The zero-order valence-corrected chi connectivity index (χ0v) is 18.9. The zero-order chi connectivity index (χ0) is 22.9. The van der Waals surface area contributed by atoms with Crippen molar-refractivity contribution < 1.29 is 4.74 Å². The molecule has 2 heterocycles. The van der Waals surface area contributed by atoms with Crippen LogP contribution >= 0.6 is 11.3 Å². The van der Waals surface area contributed by atoms with Crippen molar-refractivity contribution in [2.45, 2.75) is 0 Å². The summed E-state index contributed by atoms with van der Waals surface area (Å²) in [5.74, 6) is 0.726. The highest BCUT2D eigenvalue weighted by atomic mass is 32.1. The first-order valence-electron chi connectivity index (χ1n) is 10.4. The van der Waals surface area contributed by atoms with Crippen LogP contribution in [0.5, 0.6) is 5.75 Å². The number of rotatable bonds is 5. The maximum absolute atomic E-state index is 12.6. The molecule has 0 saturated heterocycles. The smallest absolute Gasteiger partial charge is 0.325 e. The van der Waals surface area contributed by atoms with Gasteiger partial charge in [0.2, 0.25) is 0 Å². The van der Waals surface area contributed by atoms with E-state index in [0.717, 1.165) is 44.5 Å². The molecule has 164 valence electrons. The van der Waals surface area contributed by atoms with Gasteiger partial charge < -0.3 is 15.0 Å². The van der Waals surface area contributed by atoms with Crippen molar-refractivity contribution in [1.29, 1.82) is 0 Å². The van der Waals surface area contributed by atoms with Crippen molar-refractivity contribution in [3.05, 3.63) is 92.4 Å². The maximum atomic E-state index is 12.6. The van der Waals surface area contributed by atoms with E-state index in [1.807, 2.05) is 42.1 Å². The van der Waals surface area contributed by atoms with E-state index in [4.69, 9.17) is 4.74 Å². The van der Waals surface area contributed by atoms with E-state index in [9.17, 15) is 9.59 Å². The SMILES string of the molecule is CNc1ccc2cc(-c3cc(-c4c[nH]c(=O)[nH]c4=O)cc(-c4ccsc4)c3OC)ccc2c1. The van der Waals surface area contributed by atoms with Crippen molar-refractivity contribution >= 4 is 27.8 Å². The van der Waals surface area contributed by atoms with Gasteiger partial charge in [-0.1, -0.05) is 18.2 Å². The van der Waals surface area contributed by atoms with Crippen molar-refractivity contribution in [2.24, 2.45) is 0 Å². The lowest BCUT2D eigenvalue weighted by Crippen LogP contribution is -2.22. The summed E-state index contributed by atoms with van der Waals surface area (Å²) in [6.07, 6.45) is 1.45. The molecule has 0 atom stereocenters. The number of fused-ring (bicyclic) bond motifs is 1. The number of H-pyrrole nitrogens is 2. The average molecular weight is 456 g/mol. The third-order valence-electron chi connectivity index (χ3n) is 5.70. The van der Waals surface area contributed by atoms with Gasteiger partial charge in [0, 0.05) is 30.1 Å². The molecule has 33 heavy (non-hydrogen) atoms. The van der Waals surface area contributed by atoms with Crippen LogP contribution in [0.4, 0.5) is 5.69 Å². The number of benzene rings is 3. The molecule has 5 aromatic rings. The van der Waals surface area contributed by atoms with Crippen LogP contribution in [-0.4, -0.2) is 24.1 Å². The van der Waals surface area contributed by atoms with E-state index < -0.39 is 11.2 Å². The highest BCUT2D eigenvalue weighted by Crippen LogP contribution is 2.43. The fourth-order valence-electron chi connectivity index (χ4n) is 4.04. The maximum Gasteiger partial charge on any atom is 0.325 e. The Kier molecular flexibility index (Phi) is 5.32. The Labute approximate surface area is 193 Å². The highest BCUT2D eigenvalue weighted by molar-refractivity contribution is 7.08. The number of hydrogen-bond donors (Lipinski definition) is 3. The number of aromatic amines is 2. The van der Waals surface area contributed by atoms with E-state index >= 15 is 0 Å². The predicted octanol–water partition coefficient (Wildman–Crippen LogP) is 5.33. The van der Waals surface area contributed by atoms with Gasteiger partial charge in [0.05, 0.1) is 12.7 Å². The molecule has 0 fully saturated rings. The van der Waals surface area contributed by atoms with Gasteiger partial charge in [0.25, 0.3) is 5.56 Å². The molecular formula is C26H21N3O3S. The number of thiophene rings is 1. The van der Waals surface area contributed by atoms with E-state index in [0.29, 0.717) is 11.1 Å². The number of ether oxygens (including phenoxy) is 1. The Morgan fingerprint density at radius 1 is 0.848 bits per heavy atom. The van der Waals surface area contributed by atoms with Gasteiger partial charge in [-0.05, 0) is 74.6 Å². The molecule has 0 aliphatic heterocycles. The average Bonchev–Trinajstić information content (AvgIpc) is 3.37. The van der Waals surface area contributed by atoms with Crippen molar-refractivity contribution in [2.75, 3.05) is 19.5 Å². The molecule has 3 N–H and O–H groups in total. The summed E-state index contributed by atoms with van der Waals surface area (Å²) in [5.41, 5.74) is 4.85. The lowest BCUT2D eigenvalue weighted by atomic mass is 9.92. The largest absolute Gasteiger partial charge is 0.495 e. The Balaban J connectivity index is 1.78. The summed E-state index contributed by atoms with van der Waals surface area (Å²) in [7, 11) is 3.55. The molecule has 6 nitrogen and oxygen atoms in total. The third-order valence-corrected chi connectivity index (χ3v) is 6.38. The van der Waals surface area contributed by atoms with E-state index in [1.54, 1.807) is 18.4 Å². The summed E-state index contributed by atoms with van der Waals surface area (Å²) in [5, 5.41) is 9.43. The summed E-state index contributed by atoms with van der Waals surface area (Å²) in [6, 6.07) is 18.3. The zero-order valence-electron chi connectivity index (χ0n) is 18.1. The highest BCUT2D eigenvalue weighted by Gasteiger charge is 2.18. The van der Waals surface area contributed by atoms with Gasteiger partial charge in [0.1, 0.15) is 5.75 Å². The van der Waals surface area contributed by atoms with Crippen LogP contribution in [0.15, 0.2) is 81.1 Å². The molecule has 0 unspecified atom stereocenters. The normalized spacial score (nSPS) is 11.0. The van der Waals surface area contributed by atoms with Crippen LogP contribution in [0.3, 0.4) is 0 Å². The molecule has 5 rings (SSSR count). The van der Waals surface area contributed by atoms with Crippen LogP contribution < -0.4 is 21.3 Å². The fraction of sp³-hybridized carbons (Fsp3) is 0.0769. The molecule has 0 saturated carbocycles. The van der Waals surface area contributed by atoms with E-state index in [1.165, 1.54) is 6.20 Å². The number of anilines is 1. The molecule has 7 heteroatoms. The minimum absolute atomic E-state index is 0.384. The first kappa shape index (κ1) is 20.8. The number of nitrogens with one attached hydrogen (secondary N) is 3. The van der Waals surface area contributed by atoms with Crippen LogP contribution in [0.25, 0.3) is 44.2 Å². The molecule has 3 aromatic carbocycles. The molecular weight excluding hydrogens is 434 g/mol. The van der Waals surface area contributed by atoms with Crippen molar-refractivity contribution in [3.8, 4) is 39.1 Å². The van der Waals surface area contributed by atoms with Gasteiger partial charge in [-0.15, -0.1) is 0 Å². The van der Waals surface area contributed by atoms with Crippen LogP contribution in [0.1, 0.15) is 0 Å². The van der Waals surface area contributed by atoms with E-state index in [2.05, 4.69) is 45.6 Å². The summed E-state index contributed by atoms with van der Waals surface area (Å²) in [6.45, 7) is 0. The summed E-state index contributed by atoms with van der Waals surface area (Å²) >= 11 is 1.59. The van der Waals surface area contributed by atoms with Gasteiger partial charge in [0.15, 0.2) is 0 Å². The van der Waals surface area contributed by atoms with Crippen LogP contribution in [-0.2, 0) is 0 Å². The Morgan fingerprint density at radius 2 is 1.61 bits per heavy atom. The Bertz CT molecular complexity index is 1580. The second-order valence-corrected chi connectivity index (χ2v) is 8.41. The third kappa shape index (κ3) is 3.83. The quantitative estimate of drug-likeness (QED) is 0.334. The van der Waals surface area contributed by atoms with Gasteiger partial charge in [-0.2, -0.15) is 11.3 Å². The fourth-order valence-corrected chi connectivity index (χ4v) is 4.70. The Hall–Kier alpha value is -4.10. The number of hydrogen-bond acceptors (Lipinski definition) is 5. The molecule has 0 bridgehead atoms. The summed E-state index contributed by atoms with van der Waals surface area (Å²) < 4.78 is 5.89. The lowest BCUT2D eigenvalue weighted by molar-refractivity contribution is 0.418. The first-order valence-corrected chi connectivity index (χ1v) is 11.3. The molecule has 2 aromatic heterocycles. The van der Waals surface area contributed by atoms with Crippen molar-refractivity contribution in [1.82, 2.24) is 9.97 Å². The van der Waals surface area contributed by atoms with Crippen LogP contribution in [0, 0.1) is 0 Å². The van der Waals surface area contributed by atoms with Gasteiger partial charge in [-0.3, -0.25) is 9.78 Å². The van der Waals surface area contributed by atoms with Gasteiger partial charge >= 0.3 is 5.69 Å². The molecule has 0 spiro atoms. The standard InChI is InChI=1S/C26H21N3O3S/c1-27-20-6-5-15-9-17(4-3-16(15)10-20)21-11-19(23-13-28-26(31)29-25(23)30)12-22(24(21)32-2)18-7-8-33-14-18/h3-14,27H,1-2H3,(H2,28,29,30,31). The number of methoxy groups -OCH3 is 1. The predicted molar refractivity (Wildman–Crippen MR) is 135 cm³/mol. The second kappa shape index (κ2) is 8.44. The minimum Gasteiger partial charge on any atom is -0.495 e.